The van der Waals surface area contributed by atoms with Gasteiger partial charge in [-0.1, -0.05) is 0 Å². The summed E-state index contributed by atoms with van der Waals surface area (Å²) in [6.07, 6.45) is 3.29. The molecule has 0 saturated heterocycles. The summed E-state index contributed by atoms with van der Waals surface area (Å²) >= 11 is 0. The van der Waals surface area contributed by atoms with E-state index < -0.39 is 17.5 Å². The summed E-state index contributed by atoms with van der Waals surface area (Å²) in [7, 11) is 4.00. The monoisotopic (exact) mass is 257 g/mol. The highest BCUT2D eigenvalue weighted by atomic mass is 16.4. The first kappa shape index (κ1) is 14.8. The number of carbonyl (C=O) groups is 2. The Morgan fingerprint density at radius 2 is 1.89 bits per heavy atom. The van der Waals surface area contributed by atoms with Gasteiger partial charge in [-0.15, -0.1) is 0 Å². The zero-order valence-corrected chi connectivity index (χ0v) is 11.5. The molecule has 0 heterocycles. The second-order valence-electron chi connectivity index (χ2n) is 5.71. The number of hydrogen-bond donors (Lipinski definition) is 3. The minimum absolute atomic E-state index is 0.0324. The summed E-state index contributed by atoms with van der Waals surface area (Å²) in [6.45, 7) is 3.46. The van der Waals surface area contributed by atoms with E-state index in [0.717, 1.165) is 12.8 Å². The molecule has 1 rings (SSSR count). The van der Waals surface area contributed by atoms with Gasteiger partial charge in [0.15, 0.2) is 0 Å². The fourth-order valence-corrected chi connectivity index (χ4v) is 1.99. The van der Waals surface area contributed by atoms with Crippen LogP contribution in [-0.2, 0) is 4.79 Å². The quantitative estimate of drug-likeness (QED) is 0.675. The van der Waals surface area contributed by atoms with Gasteiger partial charge < -0.3 is 20.6 Å². The zero-order valence-electron chi connectivity index (χ0n) is 11.5. The maximum Gasteiger partial charge on any atom is 0.328 e. The number of amides is 2. The van der Waals surface area contributed by atoms with Gasteiger partial charge in [0.25, 0.3) is 0 Å². The van der Waals surface area contributed by atoms with Gasteiger partial charge >= 0.3 is 12.0 Å². The molecule has 0 aromatic heterocycles. The van der Waals surface area contributed by atoms with E-state index in [2.05, 4.69) is 15.5 Å². The lowest BCUT2D eigenvalue weighted by atomic mass is 9.75. The maximum absolute atomic E-state index is 11.7. The first-order valence-corrected chi connectivity index (χ1v) is 6.16. The number of carboxylic acids is 1. The Labute approximate surface area is 108 Å². The molecule has 0 radical (unpaired) electrons. The predicted molar refractivity (Wildman–Crippen MR) is 68.5 cm³/mol. The topological polar surface area (TPSA) is 81.7 Å². The Bertz CT molecular complexity index is 335. The molecule has 3 N–H and O–H groups in total. The smallest absolute Gasteiger partial charge is 0.328 e. The fraction of sp³-hybridized carbons (Fsp3) is 0.833. The number of aliphatic carboxylic acids is 1. The second-order valence-corrected chi connectivity index (χ2v) is 5.71. The van der Waals surface area contributed by atoms with E-state index in [1.807, 2.05) is 14.1 Å². The predicted octanol–water partition coefficient (Wildman–Crippen LogP) is 0.633. The standard InChI is InChI=1S/C12H23N3O3/c1-11(2,9(16)17)14-10(18)13-8-12(15(3)4)6-5-7-12/h5-8H2,1-4H3,(H,16,17)(H2,13,14,18). The van der Waals surface area contributed by atoms with E-state index in [0.29, 0.717) is 6.54 Å². The van der Waals surface area contributed by atoms with Gasteiger partial charge in [-0.25, -0.2) is 9.59 Å². The number of nitrogens with zero attached hydrogens (tertiary/aromatic N) is 1. The average Bonchev–Trinajstić information content (AvgIpc) is 2.13. The minimum Gasteiger partial charge on any atom is -0.480 e. The third-order valence-corrected chi connectivity index (χ3v) is 3.77. The molecule has 0 unspecified atom stereocenters. The molecule has 1 aliphatic rings. The Balaban J connectivity index is 2.44. The molecule has 0 aromatic rings. The van der Waals surface area contributed by atoms with E-state index in [-0.39, 0.29) is 5.54 Å². The highest BCUT2D eigenvalue weighted by Crippen LogP contribution is 2.35. The van der Waals surface area contributed by atoms with E-state index in [1.165, 1.54) is 20.3 Å². The summed E-state index contributed by atoms with van der Waals surface area (Å²) in [4.78, 5) is 24.7. The van der Waals surface area contributed by atoms with Crippen LogP contribution in [-0.4, -0.2) is 53.7 Å². The normalized spacial score (nSPS) is 18.1. The Morgan fingerprint density at radius 3 is 2.22 bits per heavy atom. The third-order valence-electron chi connectivity index (χ3n) is 3.77. The lowest BCUT2D eigenvalue weighted by Gasteiger charge is -2.47. The van der Waals surface area contributed by atoms with Gasteiger partial charge in [-0.3, -0.25) is 0 Å². The summed E-state index contributed by atoms with van der Waals surface area (Å²) in [6, 6.07) is -0.435. The lowest BCUT2D eigenvalue weighted by molar-refractivity contribution is -0.142. The number of hydrogen-bond acceptors (Lipinski definition) is 3. The van der Waals surface area contributed by atoms with Crippen molar-refractivity contribution in [2.75, 3.05) is 20.6 Å². The SMILES string of the molecule is CN(C)C1(CNC(=O)NC(C)(C)C(=O)O)CCC1. The molecule has 0 aliphatic heterocycles. The van der Waals surface area contributed by atoms with Crippen molar-refractivity contribution >= 4 is 12.0 Å². The van der Waals surface area contributed by atoms with Crippen molar-refractivity contribution in [3.63, 3.8) is 0 Å². The van der Waals surface area contributed by atoms with Crippen LogP contribution in [0.15, 0.2) is 0 Å². The second kappa shape index (κ2) is 5.14. The molecule has 6 nitrogen and oxygen atoms in total. The van der Waals surface area contributed by atoms with Crippen LogP contribution in [0.2, 0.25) is 0 Å². The average molecular weight is 257 g/mol. The fourth-order valence-electron chi connectivity index (χ4n) is 1.99. The van der Waals surface area contributed by atoms with Crippen LogP contribution in [0.25, 0.3) is 0 Å². The molecule has 0 bridgehead atoms. The zero-order chi connectivity index (χ0) is 14.0. The first-order valence-electron chi connectivity index (χ1n) is 6.16. The Morgan fingerprint density at radius 1 is 1.33 bits per heavy atom. The minimum atomic E-state index is -1.25. The summed E-state index contributed by atoms with van der Waals surface area (Å²) in [5.74, 6) is -1.05. The molecule has 0 atom stereocenters. The van der Waals surface area contributed by atoms with E-state index in [9.17, 15) is 9.59 Å². The molecule has 1 fully saturated rings. The Hall–Kier alpha value is -1.30. The van der Waals surface area contributed by atoms with Crippen LogP contribution in [0.4, 0.5) is 4.79 Å². The molecule has 6 heteroatoms. The van der Waals surface area contributed by atoms with Crippen molar-refractivity contribution in [3.05, 3.63) is 0 Å². The van der Waals surface area contributed by atoms with Gasteiger partial charge in [0.1, 0.15) is 5.54 Å². The number of rotatable bonds is 5. The van der Waals surface area contributed by atoms with Gasteiger partial charge in [0, 0.05) is 12.1 Å². The van der Waals surface area contributed by atoms with Crippen LogP contribution >= 0.6 is 0 Å². The third kappa shape index (κ3) is 3.13. The van der Waals surface area contributed by atoms with Crippen molar-refractivity contribution in [3.8, 4) is 0 Å². The molecule has 1 aliphatic carbocycles. The summed E-state index contributed by atoms with van der Waals surface area (Å²) in [5.41, 5.74) is -1.22. The number of carboxylic acid groups (broad SMARTS) is 1. The van der Waals surface area contributed by atoms with Crippen molar-refractivity contribution in [1.29, 1.82) is 0 Å². The van der Waals surface area contributed by atoms with Gasteiger partial charge in [0.05, 0.1) is 0 Å². The van der Waals surface area contributed by atoms with Gasteiger partial charge in [-0.2, -0.15) is 0 Å². The highest BCUT2D eigenvalue weighted by Gasteiger charge is 2.39. The van der Waals surface area contributed by atoms with Gasteiger partial charge in [0.2, 0.25) is 0 Å². The summed E-state index contributed by atoms with van der Waals surface area (Å²) in [5, 5.41) is 14.1. The van der Waals surface area contributed by atoms with Gasteiger partial charge in [-0.05, 0) is 47.2 Å². The van der Waals surface area contributed by atoms with E-state index >= 15 is 0 Å². The largest absolute Gasteiger partial charge is 0.480 e. The molecule has 18 heavy (non-hydrogen) atoms. The van der Waals surface area contributed by atoms with Crippen molar-refractivity contribution in [2.24, 2.45) is 0 Å². The molecular formula is C12H23N3O3. The maximum atomic E-state index is 11.7. The first-order chi connectivity index (χ1) is 8.19. The lowest BCUT2D eigenvalue weighted by Crippen LogP contribution is -2.60. The van der Waals surface area contributed by atoms with Crippen molar-refractivity contribution < 1.29 is 14.7 Å². The van der Waals surface area contributed by atoms with E-state index in [4.69, 9.17) is 5.11 Å². The Kier molecular flexibility index (Phi) is 4.21. The number of nitrogens with one attached hydrogen (secondary N) is 2. The molecule has 1 saturated carbocycles. The molecular weight excluding hydrogens is 234 g/mol. The molecule has 0 spiro atoms. The van der Waals surface area contributed by atoms with Crippen LogP contribution in [0, 0.1) is 0 Å². The van der Waals surface area contributed by atoms with E-state index in [1.54, 1.807) is 0 Å². The molecule has 2 amide bonds. The number of likely N-dealkylation sites (N-methyl/N-ethyl adjacent to an activating group) is 1. The van der Waals surface area contributed by atoms with Crippen LogP contribution in [0.3, 0.4) is 0 Å². The van der Waals surface area contributed by atoms with Crippen molar-refractivity contribution in [1.82, 2.24) is 15.5 Å². The number of carbonyl (C=O) groups excluding carboxylic acids is 1. The number of urea groups is 1. The molecule has 0 aromatic carbocycles. The van der Waals surface area contributed by atoms with Crippen LogP contribution in [0.1, 0.15) is 33.1 Å². The van der Waals surface area contributed by atoms with Crippen LogP contribution in [0.5, 0.6) is 0 Å². The highest BCUT2D eigenvalue weighted by molar-refractivity contribution is 5.85. The van der Waals surface area contributed by atoms with Crippen molar-refractivity contribution in [2.45, 2.75) is 44.2 Å². The van der Waals surface area contributed by atoms with Crippen LogP contribution < -0.4 is 10.6 Å². The molecule has 104 valence electrons. The summed E-state index contributed by atoms with van der Waals surface area (Å²) < 4.78 is 0.